The van der Waals surface area contributed by atoms with Crippen molar-refractivity contribution in [3.63, 3.8) is 0 Å². The molecule has 0 fully saturated rings. The molecule has 2 aromatic heterocycles. The van der Waals surface area contributed by atoms with E-state index < -0.39 is 0 Å². The Labute approximate surface area is 118 Å². The summed E-state index contributed by atoms with van der Waals surface area (Å²) in [5.74, 6) is 0.714. The number of hydrogen-bond acceptors (Lipinski definition) is 3. The van der Waals surface area contributed by atoms with E-state index in [1.807, 2.05) is 6.92 Å². The Morgan fingerprint density at radius 3 is 3.05 bits per heavy atom. The third-order valence-electron chi connectivity index (χ3n) is 2.82. The van der Waals surface area contributed by atoms with Crippen LogP contribution >= 0.6 is 0 Å². The molecule has 20 heavy (non-hydrogen) atoms. The summed E-state index contributed by atoms with van der Waals surface area (Å²) in [5.41, 5.74) is 3.02. The Balaban J connectivity index is 2.47. The average molecular weight is 265 g/mol. The molecule has 0 radical (unpaired) electrons. The maximum atomic E-state index is 9.37. The van der Waals surface area contributed by atoms with E-state index >= 15 is 0 Å². The zero-order chi connectivity index (χ0) is 14.4. The lowest BCUT2D eigenvalue weighted by Gasteiger charge is -2.06. The van der Waals surface area contributed by atoms with Crippen LogP contribution in [0, 0.1) is 11.3 Å². The SMILES string of the molecule is C=Cc1c[nH]cc1C(C#N)=Cc1cnccc1OCC. The lowest BCUT2D eigenvalue weighted by atomic mass is 10.0. The number of nitriles is 1. The first-order valence-corrected chi connectivity index (χ1v) is 6.28. The van der Waals surface area contributed by atoms with Crippen LogP contribution in [0.25, 0.3) is 17.7 Å². The summed E-state index contributed by atoms with van der Waals surface area (Å²) in [6, 6.07) is 3.99. The molecule has 0 bridgehead atoms. The van der Waals surface area contributed by atoms with Gasteiger partial charge in [0.25, 0.3) is 0 Å². The molecule has 0 atom stereocenters. The first-order chi connectivity index (χ1) is 9.80. The Hall–Kier alpha value is -2.80. The average Bonchev–Trinajstić information content (AvgIpc) is 2.95. The number of nitrogens with one attached hydrogen (secondary N) is 1. The molecule has 2 rings (SSSR count). The van der Waals surface area contributed by atoms with Gasteiger partial charge in [-0.15, -0.1) is 0 Å². The quantitative estimate of drug-likeness (QED) is 0.841. The van der Waals surface area contributed by atoms with Crippen LogP contribution < -0.4 is 4.74 Å². The Morgan fingerprint density at radius 1 is 1.50 bits per heavy atom. The van der Waals surface area contributed by atoms with E-state index in [0.29, 0.717) is 17.9 Å². The maximum absolute atomic E-state index is 9.37. The van der Waals surface area contributed by atoms with Crippen molar-refractivity contribution in [1.82, 2.24) is 9.97 Å². The smallest absolute Gasteiger partial charge is 0.129 e. The van der Waals surface area contributed by atoms with Gasteiger partial charge in [0, 0.05) is 35.9 Å². The van der Waals surface area contributed by atoms with E-state index in [1.54, 1.807) is 43.0 Å². The molecule has 1 N–H and O–H groups in total. The summed E-state index contributed by atoms with van der Waals surface area (Å²) in [7, 11) is 0. The highest BCUT2D eigenvalue weighted by Crippen LogP contribution is 2.26. The van der Waals surface area contributed by atoms with Crippen molar-refractivity contribution in [2.45, 2.75) is 6.92 Å². The van der Waals surface area contributed by atoms with E-state index in [4.69, 9.17) is 4.74 Å². The summed E-state index contributed by atoms with van der Waals surface area (Å²) in [6.45, 7) is 6.22. The number of aromatic amines is 1. The zero-order valence-corrected chi connectivity index (χ0v) is 11.3. The van der Waals surface area contributed by atoms with Crippen molar-refractivity contribution in [2.24, 2.45) is 0 Å². The van der Waals surface area contributed by atoms with Crippen LogP contribution in [0.2, 0.25) is 0 Å². The summed E-state index contributed by atoms with van der Waals surface area (Å²) in [4.78, 5) is 7.06. The molecule has 0 unspecified atom stereocenters. The van der Waals surface area contributed by atoms with Gasteiger partial charge in [-0.25, -0.2) is 0 Å². The number of H-pyrrole nitrogens is 1. The molecule has 0 aliphatic rings. The molecule has 4 heteroatoms. The van der Waals surface area contributed by atoms with Crippen molar-refractivity contribution in [1.29, 1.82) is 5.26 Å². The van der Waals surface area contributed by atoms with Crippen molar-refractivity contribution in [3.8, 4) is 11.8 Å². The Bertz CT molecular complexity index is 677. The van der Waals surface area contributed by atoms with Gasteiger partial charge in [0.15, 0.2) is 0 Å². The highest BCUT2D eigenvalue weighted by atomic mass is 16.5. The van der Waals surface area contributed by atoms with Crippen molar-refractivity contribution >= 4 is 17.7 Å². The van der Waals surface area contributed by atoms with E-state index in [-0.39, 0.29) is 0 Å². The fraction of sp³-hybridized carbons (Fsp3) is 0.125. The van der Waals surface area contributed by atoms with Gasteiger partial charge in [0.2, 0.25) is 0 Å². The van der Waals surface area contributed by atoms with Gasteiger partial charge in [-0.2, -0.15) is 5.26 Å². The number of aromatic nitrogens is 2. The van der Waals surface area contributed by atoms with Crippen LogP contribution in [0.3, 0.4) is 0 Å². The lowest BCUT2D eigenvalue weighted by molar-refractivity contribution is 0.339. The normalized spacial score (nSPS) is 10.9. The molecule has 0 saturated heterocycles. The Morgan fingerprint density at radius 2 is 2.35 bits per heavy atom. The predicted molar refractivity (Wildman–Crippen MR) is 79.8 cm³/mol. The standard InChI is InChI=1S/C16H15N3O/c1-3-12-9-19-11-15(12)13(8-17)7-14-10-18-6-5-16(14)20-4-2/h3,5-7,9-11,19H,1,4H2,2H3. The van der Waals surface area contributed by atoms with Gasteiger partial charge in [0.1, 0.15) is 5.75 Å². The molecule has 0 aliphatic heterocycles. The van der Waals surface area contributed by atoms with Gasteiger partial charge in [-0.1, -0.05) is 12.7 Å². The number of allylic oxidation sites excluding steroid dienone is 1. The van der Waals surface area contributed by atoms with Crippen LogP contribution in [-0.2, 0) is 0 Å². The topological polar surface area (TPSA) is 61.7 Å². The monoisotopic (exact) mass is 265 g/mol. The zero-order valence-electron chi connectivity index (χ0n) is 11.3. The van der Waals surface area contributed by atoms with Crippen LogP contribution in [0.4, 0.5) is 0 Å². The summed E-state index contributed by atoms with van der Waals surface area (Å²) in [6.07, 6.45) is 10.4. The molecule has 0 aliphatic carbocycles. The van der Waals surface area contributed by atoms with E-state index in [1.165, 1.54) is 0 Å². The lowest BCUT2D eigenvalue weighted by Crippen LogP contribution is -1.94. The van der Waals surface area contributed by atoms with Gasteiger partial charge >= 0.3 is 0 Å². The fourth-order valence-corrected chi connectivity index (χ4v) is 1.89. The van der Waals surface area contributed by atoms with Gasteiger partial charge in [0.05, 0.1) is 18.2 Å². The minimum absolute atomic E-state index is 0.537. The first-order valence-electron chi connectivity index (χ1n) is 6.28. The van der Waals surface area contributed by atoms with Crippen molar-refractivity contribution in [3.05, 3.63) is 54.1 Å². The maximum Gasteiger partial charge on any atom is 0.129 e. The largest absolute Gasteiger partial charge is 0.493 e. The minimum Gasteiger partial charge on any atom is -0.493 e. The van der Waals surface area contributed by atoms with Crippen LogP contribution in [0.1, 0.15) is 23.6 Å². The second kappa shape index (κ2) is 6.39. The molecule has 2 heterocycles. The summed E-state index contributed by atoms with van der Waals surface area (Å²) >= 11 is 0. The first kappa shape index (κ1) is 13.6. The van der Waals surface area contributed by atoms with Gasteiger partial charge < -0.3 is 9.72 Å². The highest BCUT2D eigenvalue weighted by molar-refractivity contribution is 5.93. The number of ether oxygens (including phenoxy) is 1. The third-order valence-corrected chi connectivity index (χ3v) is 2.82. The van der Waals surface area contributed by atoms with Gasteiger partial charge in [-0.3, -0.25) is 4.98 Å². The molecule has 0 aromatic carbocycles. The predicted octanol–water partition coefficient (Wildman–Crippen LogP) is 3.52. The minimum atomic E-state index is 0.537. The van der Waals surface area contributed by atoms with Crippen molar-refractivity contribution < 1.29 is 4.74 Å². The van der Waals surface area contributed by atoms with Crippen LogP contribution in [0.15, 0.2) is 37.4 Å². The molecule has 2 aromatic rings. The molecule has 100 valence electrons. The molecular formula is C16H15N3O. The number of pyridine rings is 1. The van der Waals surface area contributed by atoms with Crippen molar-refractivity contribution in [2.75, 3.05) is 6.61 Å². The molecule has 0 saturated carbocycles. The van der Waals surface area contributed by atoms with E-state index in [9.17, 15) is 5.26 Å². The van der Waals surface area contributed by atoms with E-state index in [0.717, 1.165) is 16.7 Å². The second-order valence-corrected chi connectivity index (χ2v) is 4.04. The highest BCUT2D eigenvalue weighted by Gasteiger charge is 2.08. The van der Waals surface area contributed by atoms with Gasteiger partial charge in [-0.05, 0) is 24.6 Å². The summed E-state index contributed by atoms with van der Waals surface area (Å²) < 4.78 is 5.53. The van der Waals surface area contributed by atoms with Crippen LogP contribution in [0.5, 0.6) is 5.75 Å². The van der Waals surface area contributed by atoms with E-state index in [2.05, 4.69) is 22.6 Å². The number of hydrogen-bond donors (Lipinski definition) is 1. The second-order valence-electron chi connectivity index (χ2n) is 4.04. The molecular weight excluding hydrogens is 250 g/mol. The Kier molecular flexibility index (Phi) is 4.35. The summed E-state index contributed by atoms with van der Waals surface area (Å²) in [5, 5.41) is 9.37. The molecule has 0 spiro atoms. The third kappa shape index (κ3) is 2.78. The number of rotatable bonds is 5. The number of nitrogens with zero attached hydrogens (tertiary/aromatic N) is 2. The molecule has 0 amide bonds. The fourth-order valence-electron chi connectivity index (χ4n) is 1.89. The van der Waals surface area contributed by atoms with Crippen LogP contribution in [-0.4, -0.2) is 16.6 Å². The molecule has 4 nitrogen and oxygen atoms in total.